The number of ether oxygens (including phenoxy) is 3. The van der Waals surface area contributed by atoms with Gasteiger partial charge in [-0.1, -0.05) is 12.1 Å². The van der Waals surface area contributed by atoms with Crippen LogP contribution in [0.15, 0.2) is 40.9 Å². The molecule has 29 heavy (non-hydrogen) atoms. The minimum Gasteiger partial charge on any atom is -0.483 e. The van der Waals surface area contributed by atoms with Crippen molar-refractivity contribution < 1.29 is 29.1 Å². The van der Waals surface area contributed by atoms with Gasteiger partial charge in [0.25, 0.3) is 5.69 Å². The lowest BCUT2D eigenvalue weighted by atomic mass is 10.1. The number of hydrogen-bond acceptors (Lipinski definition) is 7. The van der Waals surface area contributed by atoms with Crippen LogP contribution in [0.4, 0.5) is 11.4 Å². The Morgan fingerprint density at radius 3 is 2.34 bits per heavy atom. The summed E-state index contributed by atoms with van der Waals surface area (Å²) in [5, 5.41) is 13.2. The molecule has 154 valence electrons. The zero-order chi connectivity index (χ0) is 21.6. The van der Waals surface area contributed by atoms with Gasteiger partial charge in [0.15, 0.2) is 11.5 Å². The lowest BCUT2D eigenvalue weighted by Gasteiger charge is -2.20. The van der Waals surface area contributed by atoms with E-state index >= 15 is 0 Å². The normalized spacial score (nSPS) is 10.9. The first-order valence-corrected chi connectivity index (χ1v) is 9.35. The van der Waals surface area contributed by atoms with Gasteiger partial charge in [0, 0.05) is 32.8 Å². The number of carbonyl (C=O) groups excluding carboxylic acids is 1. The monoisotopic (exact) mass is 467 g/mol. The Kier molecular flexibility index (Phi) is 7.27. The molecule has 1 N–H and O–H groups in total. The molecule has 0 aliphatic rings. The van der Waals surface area contributed by atoms with Gasteiger partial charge >= 0.3 is 11.7 Å². The van der Waals surface area contributed by atoms with Gasteiger partial charge < -0.3 is 14.2 Å². The van der Waals surface area contributed by atoms with Crippen molar-refractivity contribution in [2.75, 3.05) is 13.2 Å². The summed E-state index contributed by atoms with van der Waals surface area (Å²) in [5.41, 5.74) is -0.836. The van der Waals surface area contributed by atoms with Crippen LogP contribution >= 0.6 is 15.9 Å². The molecule has 2 aromatic rings. The molecule has 0 spiro atoms. The highest BCUT2D eigenvalue weighted by molar-refractivity contribution is 9.10. The summed E-state index contributed by atoms with van der Waals surface area (Å²) in [6, 6.07) is 8.98. The van der Waals surface area contributed by atoms with Crippen LogP contribution in [-0.4, -0.2) is 29.7 Å². The quantitative estimate of drug-likeness (QED) is 0.273. The first-order valence-electron chi connectivity index (χ1n) is 8.56. The molecule has 2 aromatic carbocycles. The number of para-hydroxylation sites is 2. The Morgan fingerprint density at radius 1 is 1.14 bits per heavy atom. The molecule has 0 unspecified atom stereocenters. The number of benzene rings is 2. The van der Waals surface area contributed by atoms with E-state index in [1.54, 1.807) is 50.2 Å². The van der Waals surface area contributed by atoms with E-state index in [9.17, 15) is 19.8 Å². The lowest BCUT2D eigenvalue weighted by Crippen LogP contribution is -2.55. The molecule has 0 bridgehead atoms. The van der Waals surface area contributed by atoms with Crippen molar-refractivity contribution >= 4 is 33.3 Å². The van der Waals surface area contributed by atoms with E-state index < -0.39 is 16.5 Å². The second-order valence-corrected chi connectivity index (χ2v) is 7.71. The van der Waals surface area contributed by atoms with Crippen molar-refractivity contribution in [3.63, 3.8) is 0 Å². The zero-order valence-corrected chi connectivity index (χ0v) is 17.6. The van der Waals surface area contributed by atoms with Gasteiger partial charge in [-0.15, -0.1) is 0 Å². The fourth-order valence-electron chi connectivity index (χ4n) is 2.27. The number of nitrogens with zero attached hydrogens (tertiary/aromatic N) is 1. The molecule has 0 fully saturated rings. The van der Waals surface area contributed by atoms with E-state index in [1.165, 1.54) is 6.07 Å². The van der Waals surface area contributed by atoms with Crippen molar-refractivity contribution in [3.8, 4) is 11.5 Å². The van der Waals surface area contributed by atoms with Gasteiger partial charge in [-0.2, -0.15) is 0 Å². The molecule has 0 aliphatic heterocycles. The van der Waals surface area contributed by atoms with Crippen LogP contribution in [0.1, 0.15) is 31.1 Å². The SMILES string of the molecule is CC(C)(C)OC(=O)c1cc([N+](=O)[O-])c(OCCOc2ccccc2[NH+]=O)cc1Br. The van der Waals surface area contributed by atoms with Crippen LogP contribution in [0.2, 0.25) is 0 Å². The molecule has 0 atom stereocenters. The van der Waals surface area contributed by atoms with Crippen LogP contribution < -0.4 is 14.7 Å². The third-order valence-electron chi connectivity index (χ3n) is 3.46. The second kappa shape index (κ2) is 9.46. The summed E-state index contributed by atoms with van der Waals surface area (Å²) in [6.07, 6.45) is 0. The van der Waals surface area contributed by atoms with Gasteiger partial charge in [-0.3, -0.25) is 10.1 Å². The van der Waals surface area contributed by atoms with Gasteiger partial charge in [-0.05, 0) is 42.8 Å². The van der Waals surface area contributed by atoms with Crippen molar-refractivity contribution in [2.45, 2.75) is 26.4 Å². The van der Waals surface area contributed by atoms with Crippen LogP contribution in [0.5, 0.6) is 11.5 Å². The maximum absolute atomic E-state index is 12.3. The van der Waals surface area contributed by atoms with Crippen molar-refractivity contribution in [3.05, 3.63) is 61.5 Å². The maximum Gasteiger partial charge on any atom is 0.340 e. The summed E-state index contributed by atoms with van der Waals surface area (Å²) < 4.78 is 16.5. The van der Waals surface area contributed by atoms with E-state index in [4.69, 9.17) is 14.2 Å². The minimum atomic E-state index is -0.743. The molecule has 0 saturated heterocycles. The van der Waals surface area contributed by atoms with Gasteiger partial charge in [-0.25, -0.2) is 4.79 Å². The lowest BCUT2D eigenvalue weighted by molar-refractivity contribution is -0.386. The molecule has 2 rings (SSSR count). The molecule has 0 amide bonds. The smallest absolute Gasteiger partial charge is 0.340 e. The molecule has 0 aromatic heterocycles. The Hall–Kier alpha value is -3.01. The highest BCUT2D eigenvalue weighted by Crippen LogP contribution is 2.34. The van der Waals surface area contributed by atoms with Crippen LogP contribution in [0.3, 0.4) is 0 Å². The molecular formula is C19H20BrN2O7+. The fraction of sp³-hybridized carbons (Fsp3) is 0.316. The predicted molar refractivity (Wildman–Crippen MR) is 107 cm³/mol. The summed E-state index contributed by atoms with van der Waals surface area (Å²) in [5.74, 6) is -0.390. The number of hydrogen-bond donors (Lipinski definition) is 1. The second-order valence-electron chi connectivity index (χ2n) is 6.85. The van der Waals surface area contributed by atoms with Crippen molar-refractivity contribution in [1.82, 2.24) is 0 Å². The highest BCUT2D eigenvalue weighted by atomic mass is 79.9. The average Bonchev–Trinajstić information content (AvgIpc) is 2.63. The molecular weight excluding hydrogens is 448 g/mol. The van der Waals surface area contributed by atoms with Crippen molar-refractivity contribution in [2.24, 2.45) is 0 Å². The van der Waals surface area contributed by atoms with E-state index in [-0.39, 0.29) is 35.9 Å². The van der Waals surface area contributed by atoms with Crippen LogP contribution in [0.25, 0.3) is 0 Å². The van der Waals surface area contributed by atoms with E-state index in [0.29, 0.717) is 10.2 Å². The molecule has 9 nitrogen and oxygen atoms in total. The first-order chi connectivity index (χ1) is 13.6. The van der Waals surface area contributed by atoms with Crippen LogP contribution in [-0.2, 0) is 4.74 Å². The highest BCUT2D eigenvalue weighted by Gasteiger charge is 2.25. The zero-order valence-electron chi connectivity index (χ0n) is 16.1. The molecule has 0 aliphatic carbocycles. The van der Waals surface area contributed by atoms with Crippen LogP contribution in [0, 0.1) is 15.0 Å². The Balaban J connectivity index is 2.12. The number of nitro groups is 1. The number of nitroso groups, excluding NO2 is 1. The van der Waals surface area contributed by atoms with Gasteiger partial charge in [0.05, 0.1) is 10.5 Å². The largest absolute Gasteiger partial charge is 0.483 e. The third-order valence-corrected chi connectivity index (χ3v) is 4.12. The number of esters is 1. The van der Waals surface area contributed by atoms with Crippen molar-refractivity contribution in [1.29, 1.82) is 0 Å². The Bertz CT molecular complexity index is 925. The van der Waals surface area contributed by atoms with E-state index in [2.05, 4.69) is 15.9 Å². The summed E-state index contributed by atoms with van der Waals surface area (Å²) in [6.45, 7) is 5.12. The summed E-state index contributed by atoms with van der Waals surface area (Å²) in [4.78, 5) is 33.9. The third kappa shape index (κ3) is 6.24. The molecule has 0 radical (unpaired) electrons. The Labute approximate surface area is 175 Å². The molecule has 0 saturated carbocycles. The topological polar surface area (TPSA) is 119 Å². The summed E-state index contributed by atoms with van der Waals surface area (Å²) >= 11 is 3.23. The van der Waals surface area contributed by atoms with E-state index in [1.807, 2.05) is 0 Å². The summed E-state index contributed by atoms with van der Waals surface area (Å²) in [7, 11) is 0. The number of nitro benzene ring substituents is 1. The first kappa shape index (κ1) is 22.3. The number of nitrogens with one attached hydrogen (secondary N) is 1. The molecule has 10 heteroatoms. The average molecular weight is 468 g/mol. The van der Waals surface area contributed by atoms with Gasteiger partial charge in [0.2, 0.25) is 0 Å². The standard InChI is InChI=1S/C19H19BrN2O7/c1-19(2,3)29-18(23)12-10-15(22(25)26)17(11-13(12)20)28-9-8-27-16-7-5-4-6-14(16)21-24/h4-7,10-11H,8-9H2,1-3H3/p+1. The molecule has 0 heterocycles. The fourth-order valence-corrected chi connectivity index (χ4v) is 2.76. The Morgan fingerprint density at radius 2 is 1.76 bits per heavy atom. The number of halogens is 1. The van der Waals surface area contributed by atoms with Gasteiger partial charge in [0.1, 0.15) is 18.8 Å². The number of rotatable bonds is 8. The van der Waals surface area contributed by atoms with E-state index in [0.717, 1.165) is 6.07 Å². The minimum absolute atomic E-state index is 0.0191. The maximum atomic E-state index is 12.3. The predicted octanol–water partition coefficient (Wildman–Crippen LogP) is 3.25. The number of carbonyl (C=O) groups is 1.